The predicted molar refractivity (Wildman–Crippen MR) is 94.6 cm³/mol. The monoisotopic (exact) mass is 337 g/mol. The van der Waals surface area contributed by atoms with Crippen molar-refractivity contribution in [3.63, 3.8) is 0 Å². The number of rotatable bonds is 5. The van der Waals surface area contributed by atoms with Gasteiger partial charge in [0.2, 0.25) is 0 Å². The Morgan fingerprint density at radius 3 is 2.48 bits per heavy atom. The number of nitrogens with one attached hydrogen (secondary N) is 1. The van der Waals surface area contributed by atoms with E-state index in [1.807, 2.05) is 32.0 Å². The van der Waals surface area contributed by atoms with Crippen molar-refractivity contribution >= 4 is 11.6 Å². The van der Waals surface area contributed by atoms with E-state index < -0.39 is 0 Å². The Kier molecular flexibility index (Phi) is 4.79. The summed E-state index contributed by atoms with van der Waals surface area (Å²) in [5.41, 5.74) is 1.82. The summed E-state index contributed by atoms with van der Waals surface area (Å²) in [5, 5.41) is 6.68. The molecule has 1 amide bonds. The van der Waals surface area contributed by atoms with Gasteiger partial charge in [0.1, 0.15) is 5.75 Å². The van der Waals surface area contributed by atoms with E-state index in [0.717, 1.165) is 5.75 Å². The van der Waals surface area contributed by atoms with Crippen LogP contribution in [-0.4, -0.2) is 22.2 Å². The van der Waals surface area contributed by atoms with Gasteiger partial charge in [-0.15, -0.1) is 0 Å². The number of carbonyl (C=O) groups is 1. The van der Waals surface area contributed by atoms with Crippen LogP contribution in [-0.2, 0) is 0 Å². The van der Waals surface area contributed by atoms with Crippen LogP contribution in [0.3, 0.4) is 0 Å². The van der Waals surface area contributed by atoms with E-state index in [9.17, 15) is 4.79 Å². The molecular weight excluding hydrogens is 318 g/mol. The van der Waals surface area contributed by atoms with Crippen LogP contribution in [0.15, 0.2) is 53.1 Å². The highest BCUT2D eigenvalue weighted by Gasteiger charge is 2.14. The van der Waals surface area contributed by atoms with Crippen LogP contribution in [0.1, 0.15) is 30.0 Å². The molecule has 0 aliphatic carbocycles. The average Bonchev–Trinajstić information content (AvgIpc) is 3.02. The van der Waals surface area contributed by atoms with Crippen molar-refractivity contribution in [2.75, 3.05) is 5.32 Å². The van der Waals surface area contributed by atoms with Gasteiger partial charge in [0.15, 0.2) is 5.82 Å². The molecule has 0 fully saturated rings. The fourth-order valence-electron chi connectivity index (χ4n) is 2.34. The largest absolute Gasteiger partial charge is 0.491 e. The molecule has 6 heteroatoms. The fourth-order valence-corrected chi connectivity index (χ4v) is 2.34. The summed E-state index contributed by atoms with van der Waals surface area (Å²) >= 11 is 0. The molecule has 3 rings (SSSR count). The molecule has 0 unspecified atom stereocenters. The van der Waals surface area contributed by atoms with Crippen LogP contribution < -0.4 is 10.1 Å². The molecule has 0 radical (unpaired) electrons. The minimum atomic E-state index is -0.222. The zero-order chi connectivity index (χ0) is 17.8. The molecule has 1 N–H and O–H groups in total. The zero-order valence-corrected chi connectivity index (χ0v) is 14.3. The van der Waals surface area contributed by atoms with Crippen molar-refractivity contribution in [1.82, 2.24) is 10.1 Å². The van der Waals surface area contributed by atoms with Gasteiger partial charge in [-0.2, -0.15) is 4.98 Å². The number of para-hydroxylation sites is 1. The van der Waals surface area contributed by atoms with Gasteiger partial charge >= 0.3 is 0 Å². The Balaban J connectivity index is 1.79. The number of hydrogen-bond donors (Lipinski definition) is 1. The quantitative estimate of drug-likeness (QED) is 0.759. The van der Waals surface area contributed by atoms with E-state index in [2.05, 4.69) is 15.5 Å². The van der Waals surface area contributed by atoms with Crippen molar-refractivity contribution in [1.29, 1.82) is 0 Å². The summed E-state index contributed by atoms with van der Waals surface area (Å²) in [6.45, 7) is 5.66. The third kappa shape index (κ3) is 4.03. The number of anilines is 1. The normalized spacial score (nSPS) is 10.7. The van der Waals surface area contributed by atoms with Crippen molar-refractivity contribution in [3.05, 3.63) is 59.9 Å². The van der Waals surface area contributed by atoms with E-state index in [1.165, 1.54) is 0 Å². The first-order valence-corrected chi connectivity index (χ1v) is 8.00. The highest BCUT2D eigenvalue weighted by atomic mass is 16.5. The summed E-state index contributed by atoms with van der Waals surface area (Å²) in [5.74, 6) is 1.42. The maximum absolute atomic E-state index is 12.5. The first kappa shape index (κ1) is 16.7. The maximum Gasteiger partial charge on any atom is 0.260 e. The Bertz CT molecular complexity index is 870. The van der Waals surface area contributed by atoms with Gasteiger partial charge in [-0.3, -0.25) is 4.79 Å². The van der Waals surface area contributed by atoms with E-state index >= 15 is 0 Å². The lowest BCUT2D eigenvalue weighted by Crippen LogP contribution is -2.13. The topological polar surface area (TPSA) is 77.2 Å². The molecule has 6 nitrogen and oxygen atoms in total. The van der Waals surface area contributed by atoms with Gasteiger partial charge < -0.3 is 14.6 Å². The molecule has 0 saturated carbocycles. The summed E-state index contributed by atoms with van der Waals surface area (Å²) in [7, 11) is 0. The Morgan fingerprint density at radius 2 is 1.84 bits per heavy atom. The number of aromatic nitrogens is 2. The number of ether oxygens (including phenoxy) is 1. The number of amides is 1. The molecule has 2 aromatic carbocycles. The SMILES string of the molecule is Cc1noc(-c2ccccc2NC(=O)c2ccc(OC(C)C)cc2)n1. The second-order valence-electron chi connectivity index (χ2n) is 5.84. The molecule has 0 saturated heterocycles. The van der Waals surface area contributed by atoms with Crippen LogP contribution in [0.5, 0.6) is 5.75 Å². The Labute approximate surface area is 145 Å². The first-order valence-electron chi connectivity index (χ1n) is 8.00. The highest BCUT2D eigenvalue weighted by Crippen LogP contribution is 2.27. The summed E-state index contributed by atoms with van der Waals surface area (Å²) in [4.78, 5) is 16.7. The Hall–Kier alpha value is -3.15. The van der Waals surface area contributed by atoms with Crippen LogP contribution in [0, 0.1) is 6.92 Å². The maximum atomic E-state index is 12.5. The number of hydrogen-bond acceptors (Lipinski definition) is 5. The lowest BCUT2D eigenvalue weighted by molar-refractivity contribution is 0.102. The summed E-state index contributed by atoms with van der Waals surface area (Å²) in [6.07, 6.45) is 0.0874. The zero-order valence-electron chi connectivity index (χ0n) is 14.3. The van der Waals surface area contributed by atoms with E-state index in [4.69, 9.17) is 9.26 Å². The number of carbonyl (C=O) groups excluding carboxylic acids is 1. The molecule has 0 bridgehead atoms. The minimum Gasteiger partial charge on any atom is -0.491 e. The van der Waals surface area contributed by atoms with Crippen molar-refractivity contribution in [3.8, 4) is 17.2 Å². The third-order valence-corrected chi connectivity index (χ3v) is 3.42. The van der Waals surface area contributed by atoms with Crippen LogP contribution in [0.2, 0.25) is 0 Å². The molecule has 0 spiro atoms. The highest BCUT2D eigenvalue weighted by molar-refractivity contribution is 6.06. The molecule has 0 aliphatic heterocycles. The third-order valence-electron chi connectivity index (χ3n) is 3.42. The molecule has 1 aromatic heterocycles. The van der Waals surface area contributed by atoms with E-state index in [-0.39, 0.29) is 12.0 Å². The second-order valence-corrected chi connectivity index (χ2v) is 5.84. The van der Waals surface area contributed by atoms with Gasteiger partial charge in [-0.25, -0.2) is 0 Å². The lowest BCUT2D eigenvalue weighted by Gasteiger charge is -2.11. The molecular formula is C19H19N3O3. The van der Waals surface area contributed by atoms with Crippen LogP contribution in [0.25, 0.3) is 11.5 Å². The van der Waals surface area contributed by atoms with E-state index in [0.29, 0.717) is 28.5 Å². The van der Waals surface area contributed by atoms with Crippen molar-refractivity contribution in [2.45, 2.75) is 26.9 Å². The van der Waals surface area contributed by atoms with Gasteiger partial charge in [-0.05, 0) is 57.2 Å². The van der Waals surface area contributed by atoms with Crippen molar-refractivity contribution in [2.24, 2.45) is 0 Å². The average molecular weight is 337 g/mol. The molecule has 25 heavy (non-hydrogen) atoms. The molecule has 128 valence electrons. The fraction of sp³-hybridized carbons (Fsp3) is 0.211. The summed E-state index contributed by atoms with van der Waals surface area (Å²) in [6, 6.07) is 14.3. The molecule has 1 heterocycles. The van der Waals surface area contributed by atoms with Gasteiger partial charge in [0.05, 0.1) is 17.4 Å². The second kappa shape index (κ2) is 7.17. The van der Waals surface area contributed by atoms with Crippen LogP contribution in [0.4, 0.5) is 5.69 Å². The number of aryl methyl sites for hydroxylation is 1. The van der Waals surface area contributed by atoms with Crippen molar-refractivity contribution < 1.29 is 14.1 Å². The number of benzene rings is 2. The standard InChI is InChI=1S/C19H19N3O3/c1-12(2)24-15-10-8-14(9-11-15)18(23)21-17-7-5-4-6-16(17)19-20-13(3)22-25-19/h4-12H,1-3H3,(H,21,23). The van der Waals surface area contributed by atoms with E-state index in [1.54, 1.807) is 37.3 Å². The molecule has 0 aliphatic rings. The summed E-state index contributed by atoms with van der Waals surface area (Å²) < 4.78 is 10.8. The molecule has 3 aromatic rings. The smallest absolute Gasteiger partial charge is 0.260 e. The minimum absolute atomic E-state index is 0.0874. The van der Waals surface area contributed by atoms with Gasteiger partial charge in [0, 0.05) is 5.56 Å². The molecule has 0 atom stereocenters. The van der Waals surface area contributed by atoms with Gasteiger partial charge in [-0.1, -0.05) is 17.3 Å². The number of nitrogens with zero attached hydrogens (tertiary/aromatic N) is 2. The lowest BCUT2D eigenvalue weighted by atomic mass is 10.1. The van der Waals surface area contributed by atoms with Crippen LogP contribution >= 0.6 is 0 Å². The Morgan fingerprint density at radius 1 is 1.12 bits per heavy atom. The van der Waals surface area contributed by atoms with Gasteiger partial charge in [0.25, 0.3) is 11.8 Å². The predicted octanol–water partition coefficient (Wildman–Crippen LogP) is 4.08. The first-order chi connectivity index (χ1) is 12.0.